The summed E-state index contributed by atoms with van der Waals surface area (Å²) in [5, 5.41) is 10.4. The highest BCUT2D eigenvalue weighted by molar-refractivity contribution is 6.30. The number of ether oxygens (including phenoxy) is 1. The highest BCUT2D eigenvalue weighted by Gasteiger charge is 2.17. The quantitative estimate of drug-likeness (QED) is 0.862. The van der Waals surface area contributed by atoms with E-state index in [4.69, 9.17) is 16.3 Å². The van der Waals surface area contributed by atoms with Crippen LogP contribution in [-0.4, -0.2) is 31.4 Å². The molecule has 3 nitrogen and oxygen atoms in total. The molecule has 0 bridgehead atoms. The van der Waals surface area contributed by atoms with Gasteiger partial charge in [-0.05, 0) is 25.1 Å². The molecule has 0 radical (unpaired) electrons. The first kappa shape index (κ1) is 11.7. The average Bonchev–Trinajstić information content (AvgIpc) is 2.30. The van der Waals surface area contributed by atoms with Gasteiger partial charge < -0.3 is 14.7 Å². The van der Waals surface area contributed by atoms with Crippen LogP contribution < -0.4 is 4.90 Å². The van der Waals surface area contributed by atoms with Crippen molar-refractivity contribution in [3.05, 3.63) is 28.8 Å². The van der Waals surface area contributed by atoms with Crippen molar-refractivity contribution in [3.63, 3.8) is 0 Å². The summed E-state index contributed by atoms with van der Waals surface area (Å²) in [6.07, 6.45) is -0.503. The topological polar surface area (TPSA) is 32.7 Å². The third-order valence-corrected chi connectivity index (χ3v) is 3.03. The van der Waals surface area contributed by atoms with Crippen LogP contribution in [0.15, 0.2) is 18.2 Å². The molecule has 1 atom stereocenters. The third-order valence-electron chi connectivity index (χ3n) is 2.79. The molecule has 16 heavy (non-hydrogen) atoms. The van der Waals surface area contributed by atoms with Crippen LogP contribution in [0, 0.1) is 0 Å². The maximum atomic E-state index is 9.74. The zero-order valence-electron chi connectivity index (χ0n) is 9.32. The van der Waals surface area contributed by atoms with Crippen LogP contribution in [-0.2, 0) is 4.74 Å². The normalized spacial score (nSPS) is 18.6. The van der Waals surface area contributed by atoms with Crippen molar-refractivity contribution >= 4 is 17.3 Å². The second-order valence-corrected chi connectivity index (χ2v) is 4.41. The van der Waals surface area contributed by atoms with Gasteiger partial charge in [0.2, 0.25) is 0 Å². The number of nitrogens with zero attached hydrogens (tertiary/aromatic N) is 1. The van der Waals surface area contributed by atoms with E-state index in [0.717, 1.165) is 37.6 Å². The second-order valence-electron chi connectivity index (χ2n) is 3.98. The van der Waals surface area contributed by atoms with Crippen LogP contribution >= 0.6 is 11.6 Å². The lowest BCUT2D eigenvalue weighted by Gasteiger charge is -2.31. The van der Waals surface area contributed by atoms with Crippen LogP contribution in [0.3, 0.4) is 0 Å². The van der Waals surface area contributed by atoms with Gasteiger partial charge in [0.1, 0.15) is 0 Å². The molecule has 0 amide bonds. The molecular formula is C12H16ClNO2. The fourth-order valence-corrected chi connectivity index (χ4v) is 2.13. The molecule has 1 aliphatic heterocycles. The molecule has 4 heteroatoms. The van der Waals surface area contributed by atoms with E-state index in [-0.39, 0.29) is 0 Å². The van der Waals surface area contributed by atoms with Gasteiger partial charge in [-0.2, -0.15) is 0 Å². The van der Waals surface area contributed by atoms with E-state index in [2.05, 4.69) is 4.90 Å². The van der Waals surface area contributed by atoms with Crippen LogP contribution in [0.25, 0.3) is 0 Å². The predicted octanol–water partition coefficient (Wildman–Crippen LogP) is 2.23. The van der Waals surface area contributed by atoms with Gasteiger partial charge in [0, 0.05) is 29.4 Å². The van der Waals surface area contributed by atoms with Crippen molar-refractivity contribution in [3.8, 4) is 0 Å². The van der Waals surface area contributed by atoms with Crippen molar-refractivity contribution < 1.29 is 9.84 Å². The second kappa shape index (κ2) is 5.04. The number of anilines is 1. The van der Waals surface area contributed by atoms with Gasteiger partial charge in [-0.1, -0.05) is 11.6 Å². The zero-order chi connectivity index (χ0) is 11.5. The maximum absolute atomic E-state index is 9.74. The lowest BCUT2D eigenvalue weighted by molar-refractivity contribution is 0.122. The summed E-state index contributed by atoms with van der Waals surface area (Å²) in [7, 11) is 0. The molecule has 88 valence electrons. The van der Waals surface area contributed by atoms with Crippen molar-refractivity contribution in [1.82, 2.24) is 0 Å². The molecule has 1 aromatic carbocycles. The van der Waals surface area contributed by atoms with Crippen LogP contribution in [0.1, 0.15) is 18.6 Å². The molecule has 0 aromatic heterocycles. The molecule has 0 aliphatic carbocycles. The summed E-state index contributed by atoms with van der Waals surface area (Å²) in [6, 6.07) is 5.66. The van der Waals surface area contributed by atoms with Crippen LogP contribution in [0.4, 0.5) is 5.69 Å². The summed E-state index contributed by atoms with van der Waals surface area (Å²) in [5.41, 5.74) is 1.94. The van der Waals surface area contributed by atoms with E-state index in [9.17, 15) is 5.11 Å². The third kappa shape index (κ3) is 2.48. The van der Waals surface area contributed by atoms with Crippen molar-refractivity contribution in [2.24, 2.45) is 0 Å². The number of aliphatic hydroxyl groups excluding tert-OH is 1. The van der Waals surface area contributed by atoms with Crippen LogP contribution in [0.2, 0.25) is 5.02 Å². The molecule has 1 fully saturated rings. The Balaban J connectivity index is 2.31. The first-order chi connectivity index (χ1) is 7.68. The lowest BCUT2D eigenvalue weighted by atomic mass is 10.1. The van der Waals surface area contributed by atoms with E-state index in [1.807, 2.05) is 18.2 Å². The Labute approximate surface area is 101 Å². The molecule has 0 saturated carbocycles. The number of rotatable bonds is 2. The maximum Gasteiger partial charge on any atom is 0.0782 e. The van der Waals surface area contributed by atoms with E-state index < -0.39 is 6.10 Å². The minimum Gasteiger partial charge on any atom is -0.389 e. The molecule has 1 aliphatic rings. The van der Waals surface area contributed by atoms with Gasteiger partial charge in [-0.25, -0.2) is 0 Å². The molecule has 1 saturated heterocycles. The largest absolute Gasteiger partial charge is 0.389 e. The molecule has 1 aromatic rings. The summed E-state index contributed by atoms with van der Waals surface area (Å²) < 4.78 is 5.32. The Morgan fingerprint density at radius 1 is 1.38 bits per heavy atom. The standard InChI is InChI=1S/C12H16ClNO2/c1-9(15)11-8-10(13)2-3-12(11)14-4-6-16-7-5-14/h2-3,8-9,15H,4-7H2,1H3. The van der Waals surface area contributed by atoms with Gasteiger partial charge in [0.25, 0.3) is 0 Å². The van der Waals surface area contributed by atoms with Gasteiger partial charge in [-0.15, -0.1) is 0 Å². The monoisotopic (exact) mass is 241 g/mol. The Hall–Kier alpha value is -0.770. The zero-order valence-corrected chi connectivity index (χ0v) is 10.1. The van der Waals surface area contributed by atoms with Crippen molar-refractivity contribution in [1.29, 1.82) is 0 Å². The molecule has 1 heterocycles. The van der Waals surface area contributed by atoms with Crippen molar-refractivity contribution in [2.45, 2.75) is 13.0 Å². The van der Waals surface area contributed by atoms with E-state index in [1.165, 1.54) is 0 Å². The summed E-state index contributed by atoms with van der Waals surface area (Å²) in [6.45, 7) is 4.96. The van der Waals surface area contributed by atoms with E-state index >= 15 is 0 Å². The number of benzene rings is 1. The average molecular weight is 242 g/mol. The molecular weight excluding hydrogens is 226 g/mol. The Morgan fingerprint density at radius 2 is 2.06 bits per heavy atom. The van der Waals surface area contributed by atoms with Gasteiger partial charge in [-0.3, -0.25) is 0 Å². The number of aliphatic hydroxyl groups is 1. The van der Waals surface area contributed by atoms with E-state index in [1.54, 1.807) is 6.92 Å². The minimum absolute atomic E-state index is 0.503. The van der Waals surface area contributed by atoms with Crippen molar-refractivity contribution in [2.75, 3.05) is 31.2 Å². The van der Waals surface area contributed by atoms with Gasteiger partial charge in [0.05, 0.1) is 19.3 Å². The first-order valence-electron chi connectivity index (χ1n) is 5.48. The highest BCUT2D eigenvalue weighted by atomic mass is 35.5. The molecule has 0 spiro atoms. The Bertz CT molecular complexity index is 362. The SMILES string of the molecule is CC(O)c1cc(Cl)ccc1N1CCOCC1. The molecule has 1 N–H and O–H groups in total. The summed E-state index contributed by atoms with van der Waals surface area (Å²) in [4.78, 5) is 2.22. The number of hydrogen-bond donors (Lipinski definition) is 1. The number of morpholine rings is 1. The smallest absolute Gasteiger partial charge is 0.0782 e. The summed E-state index contributed by atoms with van der Waals surface area (Å²) >= 11 is 5.95. The van der Waals surface area contributed by atoms with E-state index in [0.29, 0.717) is 5.02 Å². The van der Waals surface area contributed by atoms with Gasteiger partial charge in [0.15, 0.2) is 0 Å². The molecule has 2 rings (SSSR count). The number of hydrogen-bond acceptors (Lipinski definition) is 3. The highest BCUT2D eigenvalue weighted by Crippen LogP contribution is 2.29. The van der Waals surface area contributed by atoms with Gasteiger partial charge >= 0.3 is 0 Å². The fraction of sp³-hybridized carbons (Fsp3) is 0.500. The minimum atomic E-state index is -0.503. The summed E-state index contributed by atoms with van der Waals surface area (Å²) in [5.74, 6) is 0. The number of halogens is 1. The lowest BCUT2D eigenvalue weighted by Crippen LogP contribution is -2.36. The fourth-order valence-electron chi connectivity index (χ4n) is 1.95. The molecule has 1 unspecified atom stereocenters. The Morgan fingerprint density at radius 3 is 2.69 bits per heavy atom. The predicted molar refractivity (Wildman–Crippen MR) is 65.1 cm³/mol. The first-order valence-corrected chi connectivity index (χ1v) is 5.86. The van der Waals surface area contributed by atoms with Crippen LogP contribution in [0.5, 0.6) is 0 Å². The Kier molecular flexibility index (Phi) is 3.69.